The average Bonchev–Trinajstić information content (AvgIpc) is 2.44. The highest BCUT2D eigenvalue weighted by Crippen LogP contribution is 2.31. The van der Waals surface area contributed by atoms with Crippen molar-refractivity contribution < 1.29 is 0 Å². The van der Waals surface area contributed by atoms with Crippen LogP contribution < -0.4 is 5.32 Å². The Kier molecular flexibility index (Phi) is 4.61. The molecular formula is C19H25N. The van der Waals surface area contributed by atoms with Crippen molar-refractivity contribution in [1.29, 1.82) is 0 Å². The average molecular weight is 267 g/mol. The molecule has 1 heteroatoms. The van der Waals surface area contributed by atoms with Crippen LogP contribution in [0.25, 0.3) is 11.1 Å². The van der Waals surface area contributed by atoms with E-state index in [9.17, 15) is 0 Å². The van der Waals surface area contributed by atoms with Gasteiger partial charge in [0.1, 0.15) is 0 Å². The Morgan fingerprint density at radius 3 is 1.90 bits per heavy atom. The van der Waals surface area contributed by atoms with Crippen molar-refractivity contribution in [3.05, 3.63) is 58.1 Å². The van der Waals surface area contributed by atoms with Crippen LogP contribution in [0.1, 0.15) is 34.7 Å². The van der Waals surface area contributed by atoms with E-state index in [1.54, 1.807) is 0 Å². The van der Waals surface area contributed by atoms with Crippen LogP contribution in [0.4, 0.5) is 0 Å². The number of benzene rings is 2. The summed E-state index contributed by atoms with van der Waals surface area (Å²) in [6, 6.07) is 11.2. The van der Waals surface area contributed by atoms with Crippen molar-refractivity contribution >= 4 is 0 Å². The van der Waals surface area contributed by atoms with Gasteiger partial charge in [0.05, 0.1) is 0 Å². The van der Waals surface area contributed by atoms with E-state index < -0.39 is 0 Å². The minimum atomic E-state index is 0.946. The normalized spacial score (nSPS) is 10.8. The smallest absolute Gasteiger partial charge is 0.0205 e. The molecule has 1 N–H and O–H groups in total. The third-order valence-corrected chi connectivity index (χ3v) is 4.19. The van der Waals surface area contributed by atoms with Crippen LogP contribution >= 0.6 is 0 Å². The van der Waals surface area contributed by atoms with Gasteiger partial charge in [-0.15, -0.1) is 0 Å². The van der Waals surface area contributed by atoms with Gasteiger partial charge in [0, 0.05) is 6.54 Å². The second-order valence-electron chi connectivity index (χ2n) is 5.61. The predicted molar refractivity (Wildman–Crippen MR) is 88.2 cm³/mol. The standard InChI is InChI=1S/C19H25N/c1-6-20-12-17-7-9-18(10-8-17)19-15(4)13(2)11-14(3)16(19)5/h7-11,20H,6,12H2,1-5H3. The Balaban J connectivity index is 2.42. The van der Waals surface area contributed by atoms with Crippen LogP contribution in [0.15, 0.2) is 30.3 Å². The maximum Gasteiger partial charge on any atom is 0.0205 e. The van der Waals surface area contributed by atoms with E-state index in [1.165, 1.54) is 38.9 Å². The second-order valence-corrected chi connectivity index (χ2v) is 5.61. The molecule has 1 nitrogen and oxygen atoms in total. The van der Waals surface area contributed by atoms with Gasteiger partial charge < -0.3 is 5.32 Å². The lowest BCUT2D eigenvalue weighted by Crippen LogP contribution is -2.11. The van der Waals surface area contributed by atoms with E-state index >= 15 is 0 Å². The molecule has 0 aliphatic rings. The first-order valence-electron chi connectivity index (χ1n) is 7.42. The zero-order valence-electron chi connectivity index (χ0n) is 13.3. The zero-order chi connectivity index (χ0) is 14.7. The molecule has 0 saturated carbocycles. The fourth-order valence-corrected chi connectivity index (χ4v) is 2.71. The molecule has 0 heterocycles. The molecule has 20 heavy (non-hydrogen) atoms. The lowest BCUT2D eigenvalue weighted by Gasteiger charge is -2.16. The molecule has 0 bridgehead atoms. The maximum absolute atomic E-state index is 3.36. The molecular weight excluding hydrogens is 242 g/mol. The first-order chi connectivity index (χ1) is 9.54. The van der Waals surface area contributed by atoms with Gasteiger partial charge in [0.2, 0.25) is 0 Å². The number of hydrogen-bond acceptors (Lipinski definition) is 1. The van der Waals surface area contributed by atoms with Gasteiger partial charge in [-0.2, -0.15) is 0 Å². The molecule has 106 valence electrons. The zero-order valence-corrected chi connectivity index (χ0v) is 13.3. The SMILES string of the molecule is CCNCc1ccc(-c2c(C)c(C)cc(C)c2C)cc1. The molecule has 2 aromatic rings. The quantitative estimate of drug-likeness (QED) is 0.847. The summed E-state index contributed by atoms with van der Waals surface area (Å²) in [6.07, 6.45) is 0. The monoisotopic (exact) mass is 267 g/mol. The summed E-state index contributed by atoms with van der Waals surface area (Å²) in [5.41, 5.74) is 9.61. The van der Waals surface area contributed by atoms with E-state index in [0.717, 1.165) is 13.1 Å². The Bertz CT molecular complexity index is 568. The van der Waals surface area contributed by atoms with Crippen molar-refractivity contribution in [2.45, 2.75) is 41.2 Å². The minimum absolute atomic E-state index is 0.946. The molecule has 0 radical (unpaired) electrons. The molecule has 0 aliphatic heterocycles. The van der Waals surface area contributed by atoms with Gasteiger partial charge >= 0.3 is 0 Å². The summed E-state index contributed by atoms with van der Waals surface area (Å²) >= 11 is 0. The van der Waals surface area contributed by atoms with Gasteiger partial charge in [-0.05, 0) is 73.2 Å². The van der Waals surface area contributed by atoms with E-state index in [4.69, 9.17) is 0 Å². The third kappa shape index (κ3) is 2.94. The Labute approximate surface area is 123 Å². The lowest BCUT2D eigenvalue weighted by molar-refractivity contribution is 0.727. The van der Waals surface area contributed by atoms with Crippen molar-refractivity contribution in [2.24, 2.45) is 0 Å². The van der Waals surface area contributed by atoms with Crippen molar-refractivity contribution in [2.75, 3.05) is 6.54 Å². The van der Waals surface area contributed by atoms with Crippen molar-refractivity contribution in [1.82, 2.24) is 5.32 Å². The number of aryl methyl sites for hydroxylation is 2. The molecule has 0 amide bonds. The van der Waals surface area contributed by atoms with Crippen molar-refractivity contribution in [3.63, 3.8) is 0 Å². The topological polar surface area (TPSA) is 12.0 Å². The van der Waals surface area contributed by atoms with Gasteiger partial charge in [-0.1, -0.05) is 37.3 Å². The van der Waals surface area contributed by atoms with E-state index in [-0.39, 0.29) is 0 Å². The summed E-state index contributed by atoms with van der Waals surface area (Å²) in [7, 11) is 0. The molecule has 0 spiro atoms. The maximum atomic E-state index is 3.36. The largest absolute Gasteiger partial charge is 0.313 e. The van der Waals surface area contributed by atoms with Crippen LogP contribution in [0.2, 0.25) is 0 Å². The number of hydrogen-bond donors (Lipinski definition) is 1. The van der Waals surface area contributed by atoms with Gasteiger partial charge in [-0.3, -0.25) is 0 Å². The summed E-state index contributed by atoms with van der Waals surface area (Å²) in [5.74, 6) is 0. The first-order valence-corrected chi connectivity index (χ1v) is 7.42. The van der Waals surface area contributed by atoms with E-state index in [0.29, 0.717) is 0 Å². The van der Waals surface area contributed by atoms with Crippen LogP contribution in [0.5, 0.6) is 0 Å². The highest BCUT2D eigenvalue weighted by atomic mass is 14.8. The van der Waals surface area contributed by atoms with E-state index in [2.05, 4.69) is 70.3 Å². The summed E-state index contributed by atoms with van der Waals surface area (Å²) < 4.78 is 0. The number of rotatable bonds is 4. The third-order valence-electron chi connectivity index (χ3n) is 4.19. The molecule has 0 aromatic heterocycles. The molecule has 0 atom stereocenters. The fourth-order valence-electron chi connectivity index (χ4n) is 2.71. The highest BCUT2D eigenvalue weighted by Gasteiger charge is 2.10. The Morgan fingerprint density at radius 2 is 1.40 bits per heavy atom. The van der Waals surface area contributed by atoms with Crippen LogP contribution in [0.3, 0.4) is 0 Å². The molecule has 2 aromatic carbocycles. The molecule has 0 aliphatic carbocycles. The highest BCUT2D eigenvalue weighted by molar-refractivity contribution is 5.73. The predicted octanol–water partition coefficient (Wildman–Crippen LogP) is 4.70. The van der Waals surface area contributed by atoms with Crippen LogP contribution in [-0.4, -0.2) is 6.54 Å². The summed E-state index contributed by atoms with van der Waals surface area (Å²) in [5, 5.41) is 3.36. The Morgan fingerprint density at radius 1 is 0.850 bits per heavy atom. The molecule has 0 saturated heterocycles. The molecule has 0 fully saturated rings. The lowest BCUT2D eigenvalue weighted by atomic mass is 9.89. The Hall–Kier alpha value is -1.60. The first kappa shape index (κ1) is 14.8. The second kappa shape index (κ2) is 6.23. The van der Waals surface area contributed by atoms with Gasteiger partial charge in [0.25, 0.3) is 0 Å². The molecule has 0 unspecified atom stereocenters. The van der Waals surface area contributed by atoms with Crippen molar-refractivity contribution in [3.8, 4) is 11.1 Å². The van der Waals surface area contributed by atoms with Gasteiger partial charge in [-0.25, -0.2) is 0 Å². The summed E-state index contributed by atoms with van der Waals surface area (Å²) in [4.78, 5) is 0. The van der Waals surface area contributed by atoms with E-state index in [1.807, 2.05) is 0 Å². The summed E-state index contributed by atoms with van der Waals surface area (Å²) in [6.45, 7) is 12.9. The van der Waals surface area contributed by atoms with Crippen LogP contribution in [0, 0.1) is 27.7 Å². The fraction of sp³-hybridized carbons (Fsp3) is 0.368. The van der Waals surface area contributed by atoms with Crippen LogP contribution in [-0.2, 0) is 6.54 Å². The minimum Gasteiger partial charge on any atom is -0.313 e. The molecule has 2 rings (SSSR count). The number of nitrogens with one attached hydrogen (secondary N) is 1. The van der Waals surface area contributed by atoms with Gasteiger partial charge in [0.15, 0.2) is 0 Å².